The molecule has 0 saturated heterocycles. The van der Waals surface area contributed by atoms with Crippen LogP contribution in [0, 0.1) is 5.82 Å². The molecule has 8 heteroatoms. The van der Waals surface area contributed by atoms with Gasteiger partial charge in [0.25, 0.3) is 5.91 Å². The Kier molecular flexibility index (Phi) is 6.09. The van der Waals surface area contributed by atoms with E-state index in [9.17, 15) is 9.18 Å². The van der Waals surface area contributed by atoms with E-state index in [1.807, 2.05) is 36.4 Å². The van der Waals surface area contributed by atoms with E-state index in [0.717, 1.165) is 10.9 Å². The third kappa shape index (κ3) is 4.19. The van der Waals surface area contributed by atoms with Crippen molar-refractivity contribution in [3.8, 4) is 11.5 Å². The molecule has 4 aromatic rings. The number of methoxy groups -OCH3 is 2. The molecule has 2 heterocycles. The first-order chi connectivity index (χ1) is 17.0. The van der Waals surface area contributed by atoms with Crippen molar-refractivity contribution < 1.29 is 18.7 Å². The van der Waals surface area contributed by atoms with E-state index < -0.39 is 17.8 Å². The van der Waals surface area contributed by atoms with Crippen molar-refractivity contribution in [3.05, 3.63) is 100 Å². The maximum atomic E-state index is 14.5. The lowest BCUT2D eigenvalue weighted by molar-refractivity contribution is 0.0706. The minimum Gasteiger partial charge on any atom is -0.493 e. The Hall–Kier alpha value is -3.97. The maximum absolute atomic E-state index is 14.5. The first kappa shape index (κ1) is 22.8. The molecule has 0 unspecified atom stereocenters. The van der Waals surface area contributed by atoms with Crippen LogP contribution in [-0.2, 0) is 0 Å². The molecular formula is C27H21ClFN3O3. The zero-order chi connectivity index (χ0) is 24.5. The van der Waals surface area contributed by atoms with Gasteiger partial charge in [0.15, 0.2) is 11.5 Å². The van der Waals surface area contributed by atoms with Gasteiger partial charge in [-0.3, -0.25) is 4.79 Å². The van der Waals surface area contributed by atoms with E-state index in [4.69, 9.17) is 21.1 Å². The highest BCUT2D eigenvalue weighted by Crippen LogP contribution is 2.40. The number of nitrogens with zero attached hydrogens (tertiary/aromatic N) is 3. The van der Waals surface area contributed by atoms with E-state index in [1.54, 1.807) is 32.4 Å². The molecule has 1 atom stereocenters. The fraction of sp³-hybridized carbons (Fsp3) is 0.148. The van der Waals surface area contributed by atoms with E-state index in [1.165, 1.54) is 23.2 Å². The molecule has 0 bridgehead atoms. The van der Waals surface area contributed by atoms with Crippen LogP contribution in [0.2, 0.25) is 5.15 Å². The number of benzene rings is 3. The van der Waals surface area contributed by atoms with Crippen molar-refractivity contribution in [1.29, 1.82) is 0 Å². The average molecular weight is 490 g/mol. The van der Waals surface area contributed by atoms with E-state index in [0.29, 0.717) is 34.7 Å². The normalized spacial score (nSPS) is 15.3. The molecule has 0 N–H and O–H groups in total. The predicted molar refractivity (Wildman–Crippen MR) is 133 cm³/mol. The lowest BCUT2D eigenvalue weighted by Gasteiger charge is -2.23. The Labute approximate surface area is 206 Å². The molecule has 0 aliphatic carbocycles. The van der Waals surface area contributed by atoms with Gasteiger partial charge >= 0.3 is 0 Å². The summed E-state index contributed by atoms with van der Waals surface area (Å²) in [5, 5.41) is 6.91. The molecular weight excluding hydrogens is 469 g/mol. The van der Waals surface area contributed by atoms with Gasteiger partial charge in [-0.25, -0.2) is 14.4 Å². The fourth-order valence-corrected chi connectivity index (χ4v) is 4.50. The largest absolute Gasteiger partial charge is 0.493 e. The van der Waals surface area contributed by atoms with Crippen LogP contribution < -0.4 is 9.47 Å². The molecule has 3 aromatic carbocycles. The molecule has 1 aromatic heterocycles. The lowest BCUT2D eigenvalue weighted by Crippen LogP contribution is -2.28. The van der Waals surface area contributed by atoms with E-state index in [2.05, 4.69) is 10.1 Å². The summed E-state index contributed by atoms with van der Waals surface area (Å²) in [5.41, 5.74) is 2.73. The Morgan fingerprint density at radius 2 is 1.69 bits per heavy atom. The maximum Gasteiger partial charge on any atom is 0.277 e. The molecule has 176 valence electrons. The summed E-state index contributed by atoms with van der Waals surface area (Å²) in [6.45, 7) is 0. The first-order valence-electron chi connectivity index (χ1n) is 10.9. The Bertz CT molecular complexity index is 1460. The summed E-state index contributed by atoms with van der Waals surface area (Å²) in [5.74, 6) is -0.0908. The summed E-state index contributed by atoms with van der Waals surface area (Å²) >= 11 is 6.65. The molecule has 0 fully saturated rings. The van der Waals surface area contributed by atoms with Crippen molar-refractivity contribution in [1.82, 2.24) is 9.99 Å². The first-order valence-corrected chi connectivity index (χ1v) is 11.3. The molecule has 0 spiro atoms. The number of pyridine rings is 1. The summed E-state index contributed by atoms with van der Waals surface area (Å²) in [6.07, 6.45) is 0.393. The molecule has 0 radical (unpaired) electrons. The molecule has 1 aliphatic rings. The van der Waals surface area contributed by atoms with Gasteiger partial charge in [0.1, 0.15) is 11.0 Å². The highest BCUT2D eigenvalue weighted by molar-refractivity contribution is 6.30. The molecule has 6 nitrogen and oxygen atoms in total. The van der Waals surface area contributed by atoms with Crippen LogP contribution in [0.4, 0.5) is 4.39 Å². The van der Waals surface area contributed by atoms with Crippen LogP contribution >= 0.6 is 11.6 Å². The number of hydrazone groups is 1. The van der Waals surface area contributed by atoms with Crippen molar-refractivity contribution in [2.24, 2.45) is 5.10 Å². The SMILES string of the molecule is COc1cc2cc([C@H]3CC(c4ccccc4)=NN3C(=O)c3ccccc3F)c(Cl)nc2cc1OC. The number of aromatic nitrogens is 1. The predicted octanol–water partition coefficient (Wildman–Crippen LogP) is 6.04. The molecule has 1 aliphatic heterocycles. The monoisotopic (exact) mass is 489 g/mol. The number of rotatable bonds is 5. The Balaban J connectivity index is 1.63. The van der Waals surface area contributed by atoms with E-state index in [-0.39, 0.29) is 10.7 Å². The molecule has 0 saturated carbocycles. The molecule has 1 amide bonds. The topological polar surface area (TPSA) is 64.0 Å². The van der Waals surface area contributed by atoms with Gasteiger partial charge < -0.3 is 9.47 Å². The minimum atomic E-state index is -0.612. The van der Waals surface area contributed by atoms with Crippen LogP contribution in [-0.4, -0.2) is 35.8 Å². The van der Waals surface area contributed by atoms with Crippen LogP contribution in [0.1, 0.15) is 33.9 Å². The third-order valence-electron chi connectivity index (χ3n) is 5.99. The average Bonchev–Trinajstić information content (AvgIpc) is 3.33. The smallest absolute Gasteiger partial charge is 0.277 e. The second-order valence-electron chi connectivity index (χ2n) is 8.03. The number of carbonyl (C=O) groups excluding carboxylic acids is 1. The summed E-state index contributed by atoms with van der Waals surface area (Å²) in [6, 6.07) is 20.2. The fourth-order valence-electron chi connectivity index (χ4n) is 4.23. The van der Waals surface area contributed by atoms with Crippen molar-refractivity contribution >= 4 is 34.1 Å². The van der Waals surface area contributed by atoms with Crippen molar-refractivity contribution in [2.75, 3.05) is 14.2 Å². The summed E-state index contributed by atoms with van der Waals surface area (Å²) in [4.78, 5) is 18.0. The number of hydrogen-bond donors (Lipinski definition) is 0. The van der Waals surface area contributed by atoms with Crippen LogP contribution in [0.15, 0.2) is 77.9 Å². The van der Waals surface area contributed by atoms with Crippen LogP contribution in [0.5, 0.6) is 11.5 Å². The summed E-state index contributed by atoms with van der Waals surface area (Å²) < 4.78 is 25.3. The lowest BCUT2D eigenvalue weighted by atomic mass is 9.98. The van der Waals surface area contributed by atoms with E-state index >= 15 is 0 Å². The van der Waals surface area contributed by atoms with Gasteiger partial charge in [-0.05, 0) is 29.8 Å². The van der Waals surface area contributed by atoms with Gasteiger partial charge in [-0.15, -0.1) is 0 Å². The van der Waals surface area contributed by atoms with Gasteiger partial charge in [0.05, 0.1) is 37.1 Å². The van der Waals surface area contributed by atoms with Crippen molar-refractivity contribution in [3.63, 3.8) is 0 Å². The number of amides is 1. The zero-order valence-corrected chi connectivity index (χ0v) is 19.8. The number of ether oxygens (including phenoxy) is 2. The summed E-state index contributed by atoms with van der Waals surface area (Å²) in [7, 11) is 3.10. The second-order valence-corrected chi connectivity index (χ2v) is 8.39. The second kappa shape index (κ2) is 9.35. The van der Waals surface area contributed by atoms with Gasteiger partial charge in [0.2, 0.25) is 0 Å². The highest BCUT2D eigenvalue weighted by Gasteiger charge is 2.36. The van der Waals surface area contributed by atoms with Crippen LogP contribution in [0.25, 0.3) is 10.9 Å². The van der Waals surface area contributed by atoms with Crippen LogP contribution in [0.3, 0.4) is 0 Å². The van der Waals surface area contributed by atoms with Gasteiger partial charge in [-0.2, -0.15) is 5.10 Å². The van der Waals surface area contributed by atoms with Gasteiger partial charge in [0, 0.05) is 23.4 Å². The minimum absolute atomic E-state index is 0.0631. The Morgan fingerprint density at radius 3 is 2.40 bits per heavy atom. The third-order valence-corrected chi connectivity index (χ3v) is 6.29. The number of halogens is 2. The Morgan fingerprint density at radius 1 is 1.00 bits per heavy atom. The molecule has 35 heavy (non-hydrogen) atoms. The quantitative estimate of drug-likeness (QED) is 0.321. The standard InChI is InChI=1S/C27H21ClFN3O3/c1-34-24-13-17-12-19(26(28)30-21(17)15-25(24)35-2)23-14-22(16-8-4-3-5-9-16)31-32(23)27(33)18-10-6-7-11-20(18)29/h3-13,15,23H,14H2,1-2H3/t23-/m1/s1. The number of hydrogen-bond acceptors (Lipinski definition) is 5. The van der Waals surface area contributed by atoms with Gasteiger partial charge in [-0.1, -0.05) is 54.1 Å². The number of carbonyl (C=O) groups is 1. The number of fused-ring (bicyclic) bond motifs is 1. The highest BCUT2D eigenvalue weighted by atomic mass is 35.5. The molecule has 5 rings (SSSR count). The zero-order valence-electron chi connectivity index (χ0n) is 19.0. The van der Waals surface area contributed by atoms with Crippen molar-refractivity contribution in [2.45, 2.75) is 12.5 Å².